The molecule has 0 radical (unpaired) electrons. The third-order valence-corrected chi connectivity index (χ3v) is 2.64. The van der Waals surface area contributed by atoms with Crippen LogP contribution in [0, 0.1) is 31.4 Å². The first kappa shape index (κ1) is 24.3. The maximum absolute atomic E-state index is 9.95. The number of allylic oxidation sites excluding steroid dienone is 2. The molecule has 0 fully saturated rings. The Morgan fingerprint density at radius 1 is 1.30 bits per heavy atom. The molecular formula is C15H20I3OSm-. The van der Waals surface area contributed by atoms with Crippen molar-refractivity contribution >= 4 is 28.6 Å². The predicted molar refractivity (Wildman–Crippen MR) is 97.5 cm³/mol. The molecule has 0 spiro atoms. The third-order valence-electron chi connectivity index (χ3n) is 2.64. The van der Waals surface area contributed by atoms with Gasteiger partial charge in [-0.2, -0.15) is 0 Å². The monoisotopic (exact) mass is 749 g/mol. The number of halogens is 3. The van der Waals surface area contributed by atoms with Crippen molar-refractivity contribution in [2.75, 3.05) is 0 Å². The molecule has 0 unspecified atom stereocenters. The summed E-state index contributed by atoms with van der Waals surface area (Å²) in [5.74, 6) is 0.828. The molecule has 0 aromatic heterocycles. The maximum atomic E-state index is 9.95. The van der Waals surface area contributed by atoms with Gasteiger partial charge in [-0.1, -0.05) is 50.3 Å². The van der Waals surface area contributed by atoms with Crippen molar-refractivity contribution in [2.45, 2.75) is 26.7 Å². The topological polar surface area (TPSA) is 20.2 Å². The number of hydrogen-bond acceptors (Lipinski definition) is 1. The van der Waals surface area contributed by atoms with Crippen molar-refractivity contribution in [3.8, 4) is 0 Å². The molecule has 1 rings (SSSR count). The van der Waals surface area contributed by atoms with Crippen molar-refractivity contribution in [1.29, 1.82) is 0 Å². The first-order valence-corrected chi connectivity index (χ1v) is 21.1. The molecule has 0 saturated heterocycles. The Labute approximate surface area is 172 Å². The molecule has 0 aliphatic rings. The number of benzene rings is 1. The Morgan fingerprint density at radius 3 is 2.20 bits per heavy atom. The van der Waals surface area contributed by atoms with E-state index >= 15 is 0 Å². The fourth-order valence-electron chi connectivity index (χ4n) is 1.72. The molecule has 5 heteroatoms. The second kappa shape index (κ2) is 15.9. The van der Waals surface area contributed by atoms with E-state index in [-0.39, 0.29) is 49.4 Å². The van der Waals surface area contributed by atoms with Crippen LogP contribution in [-0.2, 0) is 6.42 Å². The number of aliphatic hydroxyl groups is 1. The fourth-order valence-corrected chi connectivity index (χ4v) is 1.72. The standard InChI is InChI=1S/C15H20O.3HI.Sm/c1-4-8-15(16)14(12(2)3)11-13-9-6-5-7-10-13;;;;/h4-7,9-10,12,16H,1,8,11H2,2-3H3;3*1H;/q;;;;+2/p-3/b15-14-;;;;. The first-order valence-electron chi connectivity index (χ1n) is 6.01. The van der Waals surface area contributed by atoms with Crippen molar-refractivity contribution in [1.82, 2.24) is 0 Å². The zero-order valence-electron chi connectivity index (χ0n) is 11.7. The van der Waals surface area contributed by atoms with Crippen LogP contribution in [-0.4, -0.2) is 5.11 Å². The van der Waals surface area contributed by atoms with Gasteiger partial charge in [-0.05, 0) is 23.5 Å². The average molecular weight is 747 g/mol. The van der Waals surface area contributed by atoms with Gasteiger partial charge in [0.05, 0.1) is 5.76 Å². The Hall–Kier alpha value is 2.03. The van der Waals surface area contributed by atoms with E-state index in [0.717, 1.165) is 12.0 Å². The Kier molecular flexibility index (Phi) is 19.3. The van der Waals surface area contributed by atoms with Crippen molar-refractivity contribution in [2.24, 2.45) is 5.92 Å². The van der Waals surface area contributed by atoms with Crippen LogP contribution in [0.3, 0.4) is 0 Å². The van der Waals surface area contributed by atoms with Gasteiger partial charge in [0.1, 0.15) is 0 Å². The molecule has 0 bridgehead atoms. The molecule has 1 aromatic carbocycles. The van der Waals surface area contributed by atoms with Gasteiger partial charge in [-0.3, -0.25) is 0 Å². The first-order chi connectivity index (χ1) is 9.06. The molecule has 114 valence electrons. The summed E-state index contributed by atoms with van der Waals surface area (Å²) in [7, 11) is 0. The SMILES string of the molecule is C=CC/C(O)=C(\Cc1ccccc1)C(C)C.[I-].[I][Sm][I]. The van der Waals surface area contributed by atoms with Crippen molar-refractivity contribution < 1.29 is 54.5 Å². The summed E-state index contributed by atoms with van der Waals surface area (Å²) in [5.41, 5.74) is 2.34. The van der Waals surface area contributed by atoms with Crippen LogP contribution in [0.25, 0.3) is 0 Å². The third kappa shape index (κ3) is 11.6. The fraction of sp³-hybridized carbons (Fsp3) is 0.333. The van der Waals surface area contributed by atoms with E-state index in [1.54, 1.807) is 6.08 Å². The summed E-state index contributed by atoms with van der Waals surface area (Å²) in [4.78, 5) is 0. The normalized spacial score (nSPS) is 10.8. The summed E-state index contributed by atoms with van der Waals surface area (Å²) in [6.07, 6.45) is 3.11. The van der Waals surface area contributed by atoms with Gasteiger partial charge in [0.2, 0.25) is 0 Å². The minimum atomic E-state index is 0. The molecule has 20 heavy (non-hydrogen) atoms. The minimum absolute atomic E-state index is 0. The molecule has 1 N–H and O–H groups in total. The van der Waals surface area contributed by atoms with E-state index in [0.29, 0.717) is 18.1 Å². The van der Waals surface area contributed by atoms with Crippen LogP contribution in [0.5, 0.6) is 0 Å². The second-order valence-corrected chi connectivity index (χ2v) is 23.7. The molecule has 0 aliphatic heterocycles. The molecule has 0 aliphatic carbocycles. The van der Waals surface area contributed by atoms with Gasteiger partial charge in [0.15, 0.2) is 0 Å². The van der Waals surface area contributed by atoms with E-state index < -0.39 is 0 Å². The zero-order chi connectivity index (χ0) is 14.7. The molecule has 1 nitrogen and oxygen atoms in total. The van der Waals surface area contributed by atoms with E-state index in [1.807, 2.05) is 18.2 Å². The summed E-state index contributed by atoms with van der Waals surface area (Å²) in [6, 6.07) is 10.2. The Morgan fingerprint density at radius 2 is 1.80 bits per heavy atom. The van der Waals surface area contributed by atoms with Gasteiger partial charge in [0.25, 0.3) is 0 Å². The van der Waals surface area contributed by atoms with Gasteiger partial charge < -0.3 is 29.1 Å². The van der Waals surface area contributed by atoms with Crippen LogP contribution in [0.15, 0.2) is 54.3 Å². The molecule has 1 aromatic rings. The van der Waals surface area contributed by atoms with Crippen LogP contribution in [0.2, 0.25) is 0 Å². The molecule has 0 heterocycles. The Balaban J connectivity index is 0. The quantitative estimate of drug-likeness (QED) is 0.280. The van der Waals surface area contributed by atoms with E-state index in [4.69, 9.17) is 0 Å². The van der Waals surface area contributed by atoms with Gasteiger partial charge in [0, 0.05) is 6.42 Å². The molecular weight excluding hydrogens is 727 g/mol. The second-order valence-electron chi connectivity index (χ2n) is 4.34. The summed E-state index contributed by atoms with van der Waals surface area (Å²) in [6.45, 7) is 7.87. The summed E-state index contributed by atoms with van der Waals surface area (Å²) >= 11 is 5.07. The number of rotatable bonds is 5. The molecule has 0 amide bonds. The Bertz CT molecular complexity index is 391. The van der Waals surface area contributed by atoms with E-state index in [9.17, 15) is 5.11 Å². The molecule has 0 saturated carbocycles. The molecule has 0 atom stereocenters. The van der Waals surface area contributed by atoms with E-state index in [2.05, 4.69) is 61.1 Å². The summed E-state index contributed by atoms with van der Waals surface area (Å²) < 4.78 is 0. The number of hydrogen-bond donors (Lipinski definition) is 1. The summed E-state index contributed by atoms with van der Waals surface area (Å²) in [5, 5.41) is 9.95. The predicted octanol–water partition coefficient (Wildman–Crippen LogP) is 3.05. The number of aliphatic hydroxyl groups excluding tert-OH is 1. The van der Waals surface area contributed by atoms with Crippen LogP contribution < -0.4 is 24.0 Å². The van der Waals surface area contributed by atoms with E-state index in [1.165, 1.54) is 5.56 Å². The van der Waals surface area contributed by atoms with Crippen LogP contribution >= 0.6 is 28.6 Å². The van der Waals surface area contributed by atoms with Crippen molar-refractivity contribution in [3.63, 3.8) is 0 Å². The zero-order valence-corrected chi connectivity index (χ0v) is 20.7. The van der Waals surface area contributed by atoms with Gasteiger partial charge >= 0.3 is 54.0 Å². The van der Waals surface area contributed by atoms with Gasteiger partial charge in [-0.25, -0.2) is 0 Å². The van der Waals surface area contributed by atoms with Crippen LogP contribution in [0.1, 0.15) is 25.8 Å². The van der Waals surface area contributed by atoms with Gasteiger partial charge in [-0.15, -0.1) is 6.58 Å². The average Bonchev–Trinajstić information content (AvgIpc) is 2.38. The van der Waals surface area contributed by atoms with Crippen LogP contribution in [0.4, 0.5) is 0 Å². The van der Waals surface area contributed by atoms with Crippen molar-refractivity contribution in [3.05, 3.63) is 59.9 Å².